The zero-order chi connectivity index (χ0) is 20.6. The van der Waals surface area contributed by atoms with E-state index < -0.39 is 27.0 Å². The van der Waals surface area contributed by atoms with Gasteiger partial charge in [0.1, 0.15) is 10.6 Å². The molecule has 1 aliphatic rings. The molecule has 2 aromatic rings. The van der Waals surface area contributed by atoms with Crippen LogP contribution in [0.5, 0.6) is 5.75 Å². The number of anilines is 1. The van der Waals surface area contributed by atoms with E-state index >= 15 is 0 Å². The van der Waals surface area contributed by atoms with Crippen LogP contribution < -0.4 is 5.01 Å². The molecule has 0 aromatic heterocycles. The minimum Gasteiger partial charge on any atom is -0.508 e. The second-order valence-electron chi connectivity index (χ2n) is 5.73. The molecule has 9 nitrogen and oxygen atoms in total. The van der Waals surface area contributed by atoms with Gasteiger partial charge in [-0.1, -0.05) is 23.2 Å². The third kappa shape index (κ3) is 5.15. The molecule has 0 saturated carbocycles. The van der Waals surface area contributed by atoms with Crippen LogP contribution >= 0.6 is 23.2 Å². The van der Waals surface area contributed by atoms with E-state index in [9.17, 15) is 18.3 Å². The van der Waals surface area contributed by atoms with Crippen LogP contribution in [0.1, 0.15) is 6.92 Å². The molecule has 0 aliphatic carbocycles. The maximum atomic E-state index is 12.7. The van der Waals surface area contributed by atoms with Crippen molar-refractivity contribution in [1.29, 1.82) is 0 Å². The number of nitrogens with zero attached hydrogens (tertiary/aromatic N) is 4. The third-order valence-electron chi connectivity index (χ3n) is 3.74. The number of halogens is 2. The van der Waals surface area contributed by atoms with E-state index in [2.05, 4.69) is 15.3 Å². The van der Waals surface area contributed by atoms with E-state index in [1.807, 2.05) is 0 Å². The number of hydrogen-bond acceptors (Lipinski definition) is 7. The molecule has 147 valence electrons. The van der Waals surface area contributed by atoms with Crippen LogP contribution in [0.4, 0.5) is 11.4 Å². The first-order valence-corrected chi connectivity index (χ1v) is 9.83. The summed E-state index contributed by atoms with van der Waals surface area (Å²) < 4.78 is 31.8. The summed E-state index contributed by atoms with van der Waals surface area (Å²) in [6, 6.07) is 6.93. The molecule has 1 radical (unpaired) electrons. The van der Waals surface area contributed by atoms with Crippen molar-refractivity contribution in [3.05, 3.63) is 46.4 Å². The van der Waals surface area contributed by atoms with E-state index in [0.29, 0.717) is 11.4 Å². The van der Waals surface area contributed by atoms with Crippen molar-refractivity contribution in [3.63, 3.8) is 0 Å². The monoisotopic (exact) mass is 465 g/mol. The number of amides is 1. The van der Waals surface area contributed by atoms with E-state index in [1.165, 1.54) is 24.3 Å². The van der Waals surface area contributed by atoms with Crippen molar-refractivity contribution in [3.8, 4) is 5.75 Å². The van der Waals surface area contributed by atoms with Crippen molar-refractivity contribution in [1.82, 2.24) is 0 Å². The Kier molecular flexibility index (Phi) is 7.44. The Morgan fingerprint density at radius 3 is 2.34 bits per heavy atom. The van der Waals surface area contributed by atoms with Gasteiger partial charge in [0, 0.05) is 29.6 Å². The molecule has 2 aromatic carbocycles. The van der Waals surface area contributed by atoms with Gasteiger partial charge in [-0.15, -0.1) is 0 Å². The Hall–Kier alpha value is -1.53. The van der Waals surface area contributed by atoms with E-state index in [4.69, 9.17) is 27.8 Å². The average molecular weight is 466 g/mol. The van der Waals surface area contributed by atoms with Crippen molar-refractivity contribution in [2.45, 2.75) is 17.9 Å². The molecule has 29 heavy (non-hydrogen) atoms. The summed E-state index contributed by atoms with van der Waals surface area (Å²) in [4.78, 5) is 12.1. The second-order valence-corrected chi connectivity index (χ2v) is 7.94. The molecular weight excluding hydrogens is 454 g/mol. The minimum absolute atomic E-state index is 0. The Labute approximate surface area is 198 Å². The summed E-state index contributed by atoms with van der Waals surface area (Å²) in [7, 11) is -4.58. The fraction of sp³-hybridized carbons (Fsp3) is 0.125. The fourth-order valence-electron chi connectivity index (χ4n) is 2.38. The Bertz CT molecular complexity index is 1120. The predicted octanol–water partition coefficient (Wildman–Crippen LogP) is 3.44. The summed E-state index contributed by atoms with van der Waals surface area (Å²) in [6.45, 7) is 1.57. The zero-order valence-corrected chi connectivity index (χ0v) is 19.4. The van der Waals surface area contributed by atoms with E-state index in [0.717, 1.165) is 17.1 Å². The largest absolute Gasteiger partial charge is 0.508 e. The van der Waals surface area contributed by atoms with Crippen LogP contribution in [0.15, 0.2) is 56.6 Å². The van der Waals surface area contributed by atoms with Crippen LogP contribution in [0.25, 0.3) is 0 Å². The number of hydrazone groups is 1. The fourth-order valence-corrected chi connectivity index (χ4v) is 3.71. The molecule has 3 rings (SSSR count). The van der Waals surface area contributed by atoms with Crippen LogP contribution in [0, 0.1) is 0 Å². The molecule has 1 amide bonds. The number of phenolic OH excluding ortho intramolecular Hbond substituents is 1. The molecule has 0 bridgehead atoms. The normalized spacial score (nSPS) is 16.8. The van der Waals surface area contributed by atoms with Gasteiger partial charge in [-0.25, -0.2) is 0 Å². The first-order valence-electron chi connectivity index (χ1n) is 7.63. The quantitative estimate of drug-likeness (QED) is 0.405. The molecule has 1 aliphatic heterocycles. The predicted molar refractivity (Wildman–Crippen MR) is 109 cm³/mol. The first-order chi connectivity index (χ1) is 13.1. The number of phenols is 1. The van der Waals surface area contributed by atoms with Gasteiger partial charge < -0.3 is 5.11 Å². The number of azo groups is 1. The summed E-state index contributed by atoms with van der Waals surface area (Å²) in [6.07, 6.45) is 0. The molecule has 0 spiro atoms. The SMILES string of the molecule is CC1=NN(c2cc(Cl)c(S(=O)(=O)O)cc2Cl)C(=O)C1N=Nc1ccc(O)cc1.[Na]. The maximum Gasteiger partial charge on any atom is 0.296 e. The number of aromatic hydroxyl groups is 1. The Morgan fingerprint density at radius 2 is 1.76 bits per heavy atom. The van der Waals surface area contributed by atoms with Gasteiger partial charge in [0.25, 0.3) is 16.0 Å². The van der Waals surface area contributed by atoms with Crippen molar-refractivity contribution in [2.24, 2.45) is 15.3 Å². The van der Waals surface area contributed by atoms with Crippen LogP contribution in [0.3, 0.4) is 0 Å². The summed E-state index contributed by atoms with van der Waals surface area (Å²) in [5.41, 5.74) is 0.791. The number of benzene rings is 2. The standard InChI is InChI=1S/C16H12Cl2N4O5S.Na/c1-8-15(20-19-9-2-4-10(23)5-3-9)16(24)22(21-8)13-6-12(18)14(7-11(13)17)28(25,26)27;/h2-7,15,23H,1H3,(H,25,26,27);. The number of carbonyl (C=O) groups is 1. The maximum absolute atomic E-state index is 12.7. The molecule has 0 fully saturated rings. The molecule has 13 heteroatoms. The van der Waals surface area contributed by atoms with Crippen LogP contribution in [0.2, 0.25) is 10.0 Å². The second kappa shape index (κ2) is 9.09. The smallest absolute Gasteiger partial charge is 0.296 e. The molecule has 2 N–H and O–H groups in total. The Balaban J connectivity index is 0.00000300. The summed E-state index contributed by atoms with van der Waals surface area (Å²) in [5.74, 6) is -0.503. The first kappa shape index (κ1) is 23.7. The summed E-state index contributed by atoms with van der Waals surface area (Å²) >= 11 is 12.0. The minimum atomic E-state index is -4.58. The van der Waals surface area contributed by atoms with Gasteiger partial charge >= 0.3 is 0 Å². The van der Waals surface area contributed by atoms with Gasteiger partial charge in [-0.05, 0) is 43.3 Å². The van der Waals surface area contributed by atoms with Crippen molar-refractivity contribution < 1.29 is 22.9 Å². The van der Waals surface area contributed by atoms with Gasteiger partial charge in [-0.2, -0.15) is 28.8 Å². The van der Waals surface area contributed by atoms with Crippen molar-refractivity contribution >= 4 is 85.9 Å². The van der Waals surface area contributed by atoms with Gasteiger partial charge in [0.05, 0.1) is 27.1 Å². The van der Waals surface area contributed by atoms with Gasteiger partial charge in [0.2, 0.25) is 0 Å². The number of rotatable bonds is 4. The van der Waals surface area contributed by atoms with Gasteiger partial charge in [-0.3, -0.25) is 9.35 Å². The van der Waals surface area contributed by atoms with Crippen LogP contribution in [-0.2, 0) is 14.9 Å². The van der Waals surface area contributed by atoms with Crippen molar-refractivity contribution in [2.75, 3.05) is 5.01 Å². The topological polar surface area (TPSA) is 132 Å². The number of hydrogen-bond donors (Lipinski definition) is 2. The zero-order valence-electron chi connectivity index (χ0n) is 15.1. The molecule has 1 unspecified atom stereocenters. The third-order valence-corrected chi connectivity index (χ3v) is 5.36. The van der Waals surface area contributed by atoms with Crippen LogP contribution in [-0.4, -0.2) is 65.3 Å². The molecule has 1 atom stereocenters. The van der Waals surface area contributed by atoms with E-state index in [1.54, 1.807) is 6.92 Å². The number of carbonyl (C=O) groups excluding carboxylic acids is 1. The van der Waals surface area contributed by atoms with Gasteiger partial charge in [0.15, 0.2) is 6.04 Å². The average Bonchev–Trinajstić information content (AvgIpc) is 2.89. The molecule has 1 heterocycles. The molecular formula is C16H12Cl2N4NaO5S. The Morgan fingerprint density at radius 1 is 1.14 bits per heavy atom. The molecule has 0 saturated heterocycles. The summed E-state index contributed by atoms with van der Waals surface area (Å²) in [5, 5.41) is 21.8. The van der Waals surface area contributed by atoms with E-state index in [-0.39, 0.29) is 51.0 Å².